The van der Waals surface area contributed by atoms with Crippen LogP contribution < -0.4 is 10.1 Å². The molecule has 2 aromatic carbocycles. The second kappa shape index (κ2) is 8.37. The fourth-order valence-corrected chi connectivity index (χ4v) is 3.22. The molecule has 0 spiro atoms. The van der Waals surface area contributed by atoms with Gasteiger partial charge in [-0.2, -0.15) is 0 Å². The van der Waals surface area contributed by atoms with Gasteiger partial charge in [0, 0.05) is 18.0 Å². The van der Waals surface area contributed by atoms with Crippen molar-refractivity contribution in [3.05, 3.63) is 101 Å². The Balaban J connectivity index is 1.41. The average molecular weight is 403 g/mol. The lowest BCUT2D eigenvalue weighted by molar-refractivity contribution is 0.0939. The van der Waals surface area contributed by atoms with Crippen molar-refractivity contribution in [2.24, 2.45) is 0 Å². The zero-order valence-electron chi connectivity index (χ0n) is 16.8. The Bertz CT molecular complexity index is 1180. The Labute approximate surface area is 174 Å². The zero-order valence-corrected chi connectivity index (χ0v) is 16.8. The molecule has 1 amide bonds. The molecule has 4 aromatic rings. The van der Waals surface area contributed by atoms with E-state index < -0.39 is 0 Å². The number of hydrogen-bond acceptors (Lipinski definition) is 3. The van der Waals surface area contributed by atoms with Gasteiger partial charge in [0.25, 0.3) is 5.91 Å². The SMILES string of the molecule is Cc1ccc2nc(COc3cccc(C(=O)NC(C)c4ccc(F)cc4)c3)cn2c1. The summed E-state index contributed by atoms with van der Waals surface area (Å²) < 4.78 is 20.9. The zero-order chi connectivity index (χ0) is 21.1. The third-order valence-corrected chi connectivity index (χ3v) is 4.85. The van der Waals surface area contributed by atoms with Crippen LogP contribution in [0.3, 0.4) is 0 Å². The smallest absolute Gasteiger partial charge is 0.251 e. The number of carbonyl (C=O) groups excluding carboxylic acids is 1. The van der Waals surface area contributed by atoms with Crippen LogP contribution >= 0.6 is 0 Å². The molecule has 1 atom stereocenters. The van der Waals surface area contributed by atoms with Gasteiger partial charge < -0.3 is 14.5 Å². The normalized spacial score (nSPS) is 12.0. The molecule has 2 heterocycles. The van der Waals surface area contributed by atoms with Crippen LogP contribution in [-0.2, 0) is 6.61 Å². The maximum absolute atomic E-state index is 13.1. The number of imidazole rings is 1. The lowest BCUT2D eigenvalue weighted by atomic mass is 10.1. The van der Waals surface area contributed by atoms with Crippen molar-refractivity contribution in [2.45, 2.75) is 26.5 Å². The maximum Gasteiger partial charge on any atom is 0.251 e. The molecule has 6 heteroatoms. The minimum absolute atomic E-state index is 0.222. The van der Waals surface area contributed by atoms with Crippen molar-refractivity contribution in [1.29, 1.82) is 0 Å². The maximum atomic E-state index is 13.1. The highest BCUT2D eigenvalue weighted by Gasteiger charge is 2.12. The molecule has 4 rings (SSSR count). The molecule has 0 aliphatic heterocycles. The van der Waals surface area contributed by atoms with Crippen LogP contribution in [0.2, 0.25) is 0 Å². The van der Waals surface area contributed by atoms with E-state index in [9.17, 15) is 9.18 Å². The van der Waals surface area contributed by atoms with Gasteiger partial charge in [0.1, 0.15) is 23.8 Å². The minimum atomic E-state index is -0.303. The summed E-state index contributed by atoms with van der Waals surface area (Å²) in [6.45, 7) is 4.19. The summed E-state index contributed by atoms with van der Waals surface area (Å²) in [5.41, 5.74) is 4.15. The Hall–Kier alpha value is -3.67. The van der Waals surface area contributed by atoms with Crippen molar-refractivity contribution in [2.75, 3.05) is 0 Å². The number of carbonyl (C=O) groups is 1. The number of fused-ring (bicyclic) bond motifs is 1. The van der Waals surface area contributed by atoms with Crippen LogP contribution in [0.1, 0.15) is 40.1 Å². The number of aromatic nitrogens is 2. The van der Waals surface area contributed by atoms with Gasteiger partial charge in [0.05, 0.1) is 11.7 Å². The van der Waals surface area contributed by atoms with Crippen LogP contribution in [-0.4, -0.2) is 15.3 Å². The summed E-state index contributed by atoms with van der Waals surface area (Å²) in [5, 5.41) is 2.92. The first-order chi connectivity index (χ1) is 14.5. The van der Waals surface area contributed by atoms with Gasteiger partial charge in [-0.05, 0) is 61.4 Å². The summed E-state index contributed by atoms with van der Waals surface area (Å²) in [6.07, 6.45) is 3.95. The van der Waals surface area contributed by atoms with E-state index in [1.54, 1.807) is 36.4 Å². The monoisotopic (exact) mass is 403 g/mol. The molecule has 0 aliphatic carbocycles. The third-order valence-electron chi connectivity index (χ3n) is 4.85. The van der Waals surface area contributed by atoms with Gasteiger partial charge in [-0.25, -0.2) is 9.37 Å². The summed E-state index contributed by atoms with van der Waals surface area (Å²) in [5.74, 6) is 0.0636. The first kappa shape index (κ1) is 19.6. The highest BCUT2D eigenvalue weighted by atomic mass is 19.1. The lowest BCUT2D eigenvalue weighted by Crippen LogP contribution is -2.26. The van der Waals surface area contributed by atoms with Gasteiger partial charge in [-0.15, -0.1) is 0 Å². The molecule has 1 N–H and O–H groups in total. The topological polar surface area (TPSA) is 55.6 Å². The Morgan fingerprint density at radius 1 is 1.13 bits per heavy atom. The number of pyridine rings is 1. The van der Waals surface area contributed by atoms with E-state index >= 15 is 0 Å². The van der Waals surface area contributed by atoms with Crippen molar-refractivity contribution in [3.63, 3.8) is 0 Å². The van der Waals surface area contributed by atoms with E-state index in [-0.39, 0.29) is 17.8 Å². The van der Waals surface area contributed by atoms with Crippen molar-refractivity contribution in [1.82, 2.24) is 14.7 Å². The number of aryl methyl sites for hydroxylation is 1. The summed E-state index contributed by atoms with van der Waals surface area (Å²) in [6, 6.07) is 16.8. The number of nitrogens with zero attached hydrogens (tertiary/aromatic N) is 2. The highest BCUT2D eigenvalue weighted by molar-refractivity contribution is 5.94. The van der Waals surface area contributed by atoms with Gasteiger partial charge in [-0.3, -0.25) is 4.79 Å². The molecule has 5 nitrogen and oxygen atoms in total. The number of nitrogens with one attached hydrogen (secondary N) is 1. The third kappa shape index (κ3) is 4.49. The van der Waals surface area contributed by atoms with Gasteiger partial charge >= 0.3 is 0 Å². The molecule has 2 aromatic heterocycles. The molecule has 1 unspecified atom stereocenters. The first-order valence-corrected chi connectivity index (χ1v) is 9.71. The van der Waals surface area contributed by atoms with E-state index in [0.29, 0.717) is 17.9 Å². The minimum Gasteiger partial charge on any atom is -0.487 e. The Kier molecular flexibility index (Phi) is 5.48. The van der Waals surface area contributed by atoms with Gasteiger partial charge in [0.15, 0.2) is 0 Å². The quantitative estimate of drug-likeness (QED) is 0.501. The number of ether oxygens (including phenoxy) is 1. The molecular formula is C24H22FN3O2. The van der Waals surface area contributed by atoms with Crippen molar-refractivity contribution < 1.29 is 13.9 Å². The van der Waals surface area contributed by atoms with E-state index in [2.05, 4.69) is 10.3 Å². The average Bonchev–Trinajstić information content (AvgIpc) is 3.15. The van der Waals surface area contributed by atoms with E-state index in [1.807, 2.05) is 42.8 Å². The molecule has 0 aliphatic rings. The number of hydrogen-bond donors (Lipinski definition) is 1. The summed E-state index contributed by atoms with van der Waals surface area (Å²) in [7, 11) is 0. The van der Waals surface area contributed by atoms with Crippen LogP contribution in [0.4, 0.5) is 4.39 Å². The van der Waals surface area contributed by atoms with Crippen LogP contribution in [0.5, 0.6) is 5.75 Å². The number of halogens is 1. The second-order valence-corrected chi connectivity index (χ2v) is 7.27. The predicted molar refractivity (Wildman–Crippen MR) is 113 cm³/mol. The highest BCUT2D eigenvalue weighted by Crippen LogP contribution is 2.18. The molecule has 0 radical (unpaired) electrons. The number of amides is 1. The van der Waals surface area contributed by atoms with E-state index in [1.165, 1.54) is 12.1 Å². The predicted octanol–water partition coefficient (Wildman–Crippen LogP) is 4.85. The van der Waals surface area contributed by atoms with Crippen molar-refractivity contribution >= 4 is 11.6 Å². The van der Waals surface area contributed by atoms with Gasteiger partial charge in [-0.1, -0.05) is 24.3 Å². The molecule has 0 saturated carbocycles. The van der Waals surface area contributed by atoms with E-state index in [0.717, 1.165) is 22.5 Å². The number of benzene rings is 2. The van der Waals surface area contributed by atoms with Crippen LogP contribution in [0, 0.1) is 12.7 Å². The Morgan fingerprint density at radius 2 is 1.93 bits per heavy atom. The first-order valence-electron chi connectivity index (χ1n) is 9.71. The lowest BCUT2D eigenvalue weighted by Gasteiger charge is -2.15. The molecular weight excluding hydrogens is 381 g/mol. The van der Waals surface area contributed by atoms with Gasteiger partial charge in [0.2, 0.25) is 0 Å². The van der Waals surface area contributed by atoms with Crippen LogP contribution in [0.15, 0.2) is 73.1 Å². The fourth-order valence-electron chi connectivity index (χ4n) is 3.22. The molecule has 0 saturated heterocycles. The second-order valence-electron chi connectivity index (χ2n) is 7.27. The standard InChI is InChI=1S/C24H22FN3O2/c1-16-6-11-23-27-21(14-28(23)13-16)15-30-22-5-3-4-19(12-22)24(29)26-17(2)18-7-9-20(25)10-8-18/h3-14,17H,15H2,1-2H3,(H,26,29). The molecule has 0 fully saturated rings. The summed E-state index contributed by atoms with van der Waals surface area (Å²) in [4.78, 5) is 17.2. The molecule has 0 bridgehead atoms. The van der Waals surface area contributed by atoms with Crippen molar-refractivity contribution in [3.8, 4) is 5.75 Å². The molecule has 152 valence electrons. The number of rotatable bonds is 6. The fraction of sp³-hybridized carbons (Fsp3) is 0.167. The van der Waals surface area contributed by atoms with Crippen LogP contribution in [0.25, 0.3) is 5.65 Å². The Morgan fingerprint density at radius 3 is 2.73 bits per heavy atom. The summed E-state index contributed by atoms with van der Waals surface area (Å²) >= 11 is 0. The largest absolute Gasteiger partial charge is 0.487 e. The van der Waals surface area contributed by atoms with E-state index in [4.69, 9.17) is 4.74 Å². The molecule has 30 heavy (non-hydrogen) atoms.